The molecule has 0 aliphatic carbocycles. The molecule has 0 radical (unpaired) electrons. The van der Waals surface area contributed by atoms with Gasteiger partial charge >= 0.3 is 0 Å². The Kier molecular flexibility index (Phi) is 1210. The second kappa shape index (κ2) is 121. The van der Waals surface area contributed by atoms with E-state index in [2.05, 4.69) is 0 Å². The summed E-state index contributed by atoms with van der Waals surface area (Å²) in [5.74, 6) is 0. The molecule has 1 nitrogen and oxygen atoms in total. The monoisotopic (exact) mass is 2290 g/mol. The van der Waals surface area contributed by atoms with Crippen molar-refractivity contribution >= 4 is 0 Å². The van der Waals surface area contributed by atoms with E-state index in [1.54, 1.807) is 0 Å². The van der Waals surface area contributed by atoms with Gasteiger partial charge in [0.05, 0.1) is 0 Å². The van der Waals surface area contributed by atoms with E-state index in [4.69, 9.17) is 0 Å². The standard InChI is InChI=1S/H2O.12W.Zn/h1H2;;;;;;;;;;;;;. The Hall–Kier alpha value is 8.84. The number of hydrogen-bond donors (Lipinski definition) is 0. The first-order chi connectivity index (χ1) is 0. The third kappa shape index (κ3) is 105. The van der Waals surface area contributed by atoms with Gasteiger partial charge in [-0.2, -0.15) is 0 Å². The van der Waals surface area contributed by atoms with Crippen LogP contribution in [0.4, 0.5) is 0 Å². The van der Waals surface area contributed by atoms with E-state index >= 15 is 0 Å². The first kappa shape index (κ1) is 139. The maximum atomic E-state index is 0. The summed E-state index contributed by atoms with van der Waals surface area (Å²) >= 11 is 0. The molecule has 0 aromatic heterocycles. The molecule has 82 valence electrons. The molecule has 2 N–H and O–H groups in total. The van der Waals surface area contributed by atoms with E-state index < -0.39 is 0 Å². The molecule has 0 aliphatic rings. The molecular formula is H2OW12Zn. The van der Waals surface area contributed by atoms with Crippen molar-refractivity contribution < 1.29 is 278 Å². The fourth-order valence-corrected chi connectivity index (χ4v) is 0. The number of hydrogen-bond acceptors (Lipinski definition) is 0. The average molecular weight is 2290 g/mol. The summed E-state index contributed by atoms with van der Waals surface area (Å²) in [6.07, 6.45) is 0. The normalized spacial score (nSPS) is 0. The molecule has 0 spiro atoms. The molecule has 14 heavy (non-hydrogen) atoms. The first-order valence-electron chi connectivity index (χ1n) is 0. The third-order valence-corrected chi connectivity index (χ3v) is 0. The summed E-state index contributed by atoms with van der Waals surface area (Å²) in [4.78, 5) is 0. The fourth-order valence-electron chi connectivity index (χ4n) is 0. The summed E-state index contributed by atoms with van der Waals surface area (Å²) in [7, 11) is 0. The molecule has 0 unspecified atom stereocenters. The van der Waals surface area contributed by atoms with Crippen molar-refractivity contribution in [1.82, 2.24) is 0 Å². The van der Waals surface area contributed by atoms with Crippen LogP contribution in [0, 0.1) is 0 Å². The van der Waals surface area contributed by atoms with E-state index in [0.717, 1.165) is 0 Å². The predicted molar refractivity (Wildman–Crippen MR) is 3.61 cm³/mol. The molecule has 0 saturated heterocycles. The third-order valence-electron chi connectivity index (χ3n) is 0. The van der Waals surface area contributed by atoms with Gasteiger partial charge in [-0.25, -0.2) is 0 Å². The van der Waals surface area contributed by atoms with Gasteiger partial charge in [-0.15, -0.1) is 0 Å². The maximum Gasteiger partial charge on any atom is 0 e. The summed E-state index contributed by atoms with van der Waals surface area (Å²) in [5.41, 5.74) is 0. The van der Waals surface area contributed by atoms with Gasteiger partial charge in [0.25, 0.3) is 0 Å². The Labute approximate surface area is 270 Å². The minimum atomic E-state index is 0. The summed E-state index contributed by atoms with van der Waals surface area (Å²) in [5, 5.41) is 0. The molecule has 0 fully saturated rings. The minimum Gasteiger partial charge on any atom is -0.412 e. The number of rotatable bonds is 0. The van der Waals surface area contributed by atoms with Gasteiger partial charge < -0.3 is 5.48 Å². The van der Waals surface area contributed by atoms with Gasteiger partial charge in [-0.05, 0) is 0 Å². The Bertz CT molecular complexity index is 10.3. The quantitative estimate of drug-likeness (QED) is 0.284. The van der Waals surface area contributed by atoms with Crippen molar-refractivity contribution in [3.05, 3.63) is 0 Å². The molecule has 0 amide bonds. The Morgan fingerprint density at radius 3 is 0.214 bits per heavy atom. The largest absolute Gasteiger partial charge is 0.412 e. The molecule has 0 saturated carbocycles. The van der Waals surface area contributed by atoms with Crippen LogP contribution in [0.2, 0.25) is 0 Å². The second-order valence-electron chi connectivity index (χ2n) is 0. The summed E-state index contributed by atoms with van der Waals surface area (Å²) in [6, 6.07) is 0. The molecule has 0 bridgehead atoms. The molecule has 0 aromatic carbocycles. The Balaban J connectivity index is 0. The fraction of sp³-hybridized carbons (Fsp3) is 0. The zero-order valence-corrected chi connectivity index (χ0v) is 44.3. The molecule has 0 rings (SSSR count). The van der Waals surface area contributed by atoms with E-state index in [1.807, 2.05) is 0 Å². The average Bonchev–Trinajstić information content (AvgIpc) is 0. The van der Waals surface area contributed by atoms with Crippen molar-refractivity contribution in [2.75, 3.05) is 0 Å². The summed E-state index contributed by atoms with van der Waals surface area (Å²) < 4.78 is 0. The molecule has 0 atom stereocenters. The predicted octanol–water partition coefficient (Wildman–Crippen LogP) is -0.857. The Morgan fingerprint density at radius 2 is 0.214 bits per heavy atom. The Morgan fingerprint density at radius 1 is 0.214 bits per heavy atom. The van der Waals surface area contributed by atoms with Gasteiger partial charge in [0, 0.05) is 272 Å². The van der Waals surface area contributed by atoms with Crippen LogP contribution in [0.3, 0.4) is 0 Å². The summed E-state index contributed by atoms with van der Waals surface area (Å²) in [6.45, 7) is 0. The van der Waals surface area contributed by atoms with Crippen LogP contribution in [0.5, 0.6) is 0 Å². The van der Waals surface area contributed by atoms with Crippen LogP contribution >= 0.6 is 0 Å². The van der Waals surface area contributed by atoms with Crippen molar-refractivity contribution in [2.45, 2.75) is 0 Å². The van der Waals surface area contributed by atoms with E-state index in [0.29, 0.717) is 0 Å². The molecule has 0 aromatic rings. The smallest absolute Gasteiger partial charge is 0 e. The van der Waals surface area contributed by atoms with Gasteiger partial charge in [-0.3, -0.25) is 0 Å². The van der Waals surface area contributed by atoms with Gasteiger partial charge in [0.1, 0.15) is 0 Å². The zero-order valence-electron chi connectivity index (χ0n) is 6.11. The van der Waals surface area contributed by atoms with Crippen LogP contribution in [-0.2, 0) is 272 Å². The first-order valence-corrected chi connectivity index (χ1v) is 0. The van der Waals surface area contributed by atoms with Crippen LogP contribution in [0.1, 0.15) is 0 Å². The SMILES string of the molecule is O.[W].[W].[W].[W].[W].[W].[W].[W].[W].[W].[W].[W].[Zn]. The van der Waals surface area contributed by atoms with Crippen molar-refractivity contribution in [3.8, 4) is 0 Å². The van der Waals surface area contributed by atoms with Crippen molar-refractivity contribution in [3.63, 3.8) is 0 Å². The van der Waals surface area contributed by atoms with E-state index in [9.17, 15) is 0 Å². The molecule has 0 heterocycles. The zero-order chi connectivity index (χ0) is 0. The van der Waals surface area contributed by atoms with Crippen LogP contribution < -0.4 is 0 Å². The van der Waals surface area contributed by atoms with E-state index in [1.165, 1.54) is 0 Å². The topological polar surface area (TPSA) is 31.5 Å². The van der Waals surface area contributed by atoms with Crippen LogP contribution in [0.25, 0.3) is 0 Å². The van der Waals surface area contributed by atoms with Gasteiger partial charge in [0.2, 0.25) is 0 Å². The minimum absolute atomic E-state index is 0. The maximum absolute atomic E-state index is 0. The van der Waals surface area contributed by atoms with E-state index in [-0.39, 0.29) is 278 Å². The van der Waals surface area contributed by atoms with Crippen LogP contribution in [-0.4, -0.2) is 5.48 Å². The molecular weight excluding hydrogens is 2290 g/mol. The van der Waals surface area contributed by atoms with Gasteiger partial charge in [-0.1, -0.05) is 0 Å². The molecule has 14 heteroatoms. The van der Waals surface area contributed by atoms with Gasteiger partial charge in [0.15, 0.2) is 0 Å². The second-order valence-corrected chi connectivity index (χ2v) is 0. The van der Waals surface area contributed by atoms with Crippen molar-refractivity contribution in [2.24, 2.45) is 0 Å². The molecule has 0 aliphatic heterocycles. The van der Waals surface area contributed by atoms with Crippen LogP contribution in [0.15, 0.2) is 0 Å². The van der Waals surface area contributed by atoms with Crippen molar-refractivity contribution in [1.29, 1.82) is 0 Å².